The molecule has 0 saturated carbocycles. The van der Waals surface area contributed by atoms with Crippen molar-refractivity contribution in [1.82, 2.24) is 6.15 Å². The third-order valence-electron chi connectivity index (χ3n) is 0. The fourth-order valence-electron chi connectivity index (χ4n) is 0. The van der Waals surface area contributed by atoms with Crippen molar-refractivity contribution in [2.24, 2.45) is 0 Å². The van der Waals surface area contributed by atoms with Crippen LogP contribution in [0.25, 0.3) is 0 Å². The first-order valence-corrected chi connectivity index (χ1v) is 3.00. The van der Waals surface area contributed by atoms with Crippen LogP contribution in [0.3, 0.4) is 0 Å². The number of hydrogen-bond donors (Lipinski definition) is 6. The molecule has 0 unspecified atom stereocenters. The van der Waals surface area contributed by atoms with E-state index in [-0.39, 0.29) is 11.6 Å². The molecular weight excluding hydrogens is 185 g/mol. The second-order valence-electron chi connectivity index (χ2n) is 0.796. The van der Waals surface area contributed by atoms with Crippen LogP contribution in [0.5, 0.6) is 0 Å². The molecule has 0 aromatic heterocycles. The lowest BCUT2D eigenvalue weighted by atomic mass is 11.5. The van der Waals surface area contributed by atoms with Gasteiger partial charge in [0.2, 0.25) is 0 Å². The summed E-state index contributed by atoms with van der Waals surface area (Å²) >= 11 is 0. The minimum Gasteiger partial charge on any atom is -0.450 e. The third kappa shape index (κ3) is 1010. The fourth-order valence-corrected chi connectivity index (χ4v) is 0. The summed E-state index contributed by atoms with van der Waals surface area (Å²) in [5.41, 5.74) is 0. The summed E-state index contributed by atoms with van der Waals surface area (Å²) in [5, 5.41) is 13.9. The molecule has 0 bridgehead atoms. The average Bonchev–Trinajstić information content (AvgIpc) is 1.19. The first-order valence-electron chi connectivity index (χ1n) is 1.43. The van der Waals surface area contributed by atoms with E-state index in [0.717, 1.165) is 0 Å². The zero-order chi connectivity index (χ0) is 8.08. The van der Waals surface area contributed by atoms with E-state index in [1.165, 1.54) is 0 Å². The van der Waals surface area contributed by atoms with E-state index >= 15 is 0 Å². The zero-order valence-corrected chi connectivity index (χ0v) is 6.10. The molecule has 0 aliphatic rings. The molecule has 0 fully saturated rings. The summed E-state index contributed by atoms with van der Waals surface area (Å²) in [6.07, 6.45) is -1.83. The highest BCUT2D eigenvalue weighted by atomic mass is 31.2. The Labute approximate surface area is 61.0 Å². The van der Waals surface area contributed by atoms with Crippen LogP contribution in [0.1, 0.15) is 0 Å². The minimum atomic E-state index is -4.64. The van der Waals surface area contributed by atoms with Gasteiger partial charge in [0.05, 0.1) is 0 Å². The smallest absolute Gasteiger partial charge is 0.450 e. The molecule has 0 aromatic rings. The lowest BCUT2D eigenvalue weighted by Gasteiger charge is -1.82. The van der Waals surface area contributed by atoms with Gasteiger partial charge in [0.25, 0.3) is 0 Å². The monoisotopic (exact) mass is 195 g/mol. The number of carbonyl (C=O) groups is 1. The maximum atomic E-state index is 8.88. The van der Waals surface area contributed by atoms with Crippen molar-refractivity contribution >= 4 is 14.0 Å². The Morgan fingerprint density at radius 1 is 1.09 bits per heavy atom. The highest BCUT2D eigenvalue weighted by Crippen LogP contribution is 2.25. The van der Waals surface area contributed by atoms with Crippen LogP contribution in [0.2, 0.25) is 0 Å². The Hall–Kier alpha value is -0.700. The number of hydrogen-bond acceptors (Lipinski definition) is 3. The van der Waals surface area contributed by atoms with Crippen molar-refractivity contribution in [1.29, 1.82) is 0 Å². The Kier molecular flexibility index (Phi) is 19.0. The largest absolute Gasteiger partial charge is 0.503 e. The molecule has 0 aliphatic heterocycles. The molecular formula is CH10NO8P. The molecule has 9 nitrogen and oxygen atoms in total. The Morgan fingerprint density at radius 2 is 1.09 bits per heavy atom. The Bertz CT molecular complexity index is 114. The maximum absolute atomic E-state index is 8.88. The zero-order valence-electron chi connectivity index (χ0n) is 5.21. The molecule has 11 heavy (non-hydrogen) atoms. The lowest BCUT2D eigenvalue weighted by molar-refractivity contribution is 0.137. The fraction of sp³-hybridized carbons (Fsp3) is 0. The third-order valence-corrected chi connectivity index (χ3v) is 0. The van der Waals surface area contributed by atoms with Crippen LogP contribution in [-0.4, -0.2) is 36.5 Å². The van der Waals surface area contributed by atoms with E-state index < -0.39 is 14.0 Å². The van der Waals surface area contributed by atoms with Gasteiger partial charge < -0.3 is 36.5 Å². The van der Waals surface area contributed by atoms with Gasteiger partial charge in [-0.05, 0) is 0 Å². The molecule has 0 aromatic carbocycles. The quantitative estimate of drug-likeness (QED) is 0.254. The van der Waals surface area contributed by atoms with E-state index in [2.05, 4.69) is 0 Å². The van der Waals surface area contributed by atoms with Gasteiger partial charge in [-0.15, -0.1) is 0 Å². The van der Waals surface area contributed by atoms with Crippen molar-refractivity contribution in [3.8, 4) is 0 Å². The summed E-state index contributed by atoms with van der Waals surface area (Å²) < 4.78 is 8.88. The van der Waals surface area contributed by atoms with Crippen LogP contribution in [0, 0.1) is 0 Å². The van der Waals surface area contributed by atoms with Crippen molar-refractivity contribution in [2.75, 3.05) is 0 Å². The molecule has 0 heterocycles. The predicted octanol–water partition coefficient (Wildman–Crippen LogP) is -1.37. The number of rotatable bonds is 0. The summed E-state index contributed by atoms with van der Waals surface area (Å²) in [6.45, 7) is 0. The van der Waals surface area contributed by atoms with Gasteiger partial charge in [-0.2, -0.15) is 0 Å². The van der Waals surface area contributed by atoms with Gasteiger partial charge in [-0.3, -0.25) is 0 Å². The van der Waals surface area contributed by atoms with Gasteiger partial charge in [0.1, 0.15) is 0 Å². The van der Waals surface area contributed by atoms with E-state index in [0.29, 0.717) is 0 Å². The van der Waals surface area contributed by atoms with Crippen LogP contribution >= 0.6 is 7.82 Å². The van der Waals surface area contributed by atoms with Crippen molar-refractivity contribution < 1.29 is 39.7 Å². The van der Waals surface area contributed by atoms with Crippen molar-refractivity contribution in [3.05, 3.63) is 0 Å². The van der Waals surface area contributed by atoms with Crippen LogP contribution in [0.4, 0.5) is 4.79 Å². The number of phosphoric acid groups is 1. The summed E-state index contributed by atoms with van der Waals surface area (Å²) in [7, 11) is -4.64. The van der Waals surface area contributed by atoms with Gasteiger partial charge in [0, 0.05) is 0 Å². The summed E-state index contributed by atoms with van der Waals surface area (Å²) in [5.74, 6) is 0. The van der Waals surface area contributed by atoms with E-state index in [1.54, 1.807) is 0 Å². The van der Waals surface area contributed by atoms with Crippen molar-refractivity contribution in [3.63, 3.8) is 0 Å². The van der Waals surface area contributed by atoms with E-state index in [1.807, 2.05) is 0 Å². The van der Waals surface area contributed by atoms with Crippen molar-refractivity contribution in [2.45, 2.75) is 0 Å². The molecule has 10 N–H and O–H groups in total. The molecule has 0 radical (unpaired) electrons. The standard InChI is InChI=1S/CH2O3.H3N.H3O4P.H2O/c2-1(3)4;;1-5(2,3)4;/h(H2,2,3,4);1H3;(H3,1,2,3,4);1H2. The number of carboxylic acid groups (broad SMARTS) is 2. The van der Waals surface area contributed by atoms with Gasteiger partial charge in [-0.1, -0.05) is 0 Å². The minimum absolute atomic E-state index is 0. The molecule has 0 spiro atoms. The highest BCUT2D eigenvalue weighted by molar-refractivity contribution is 7.45. The maximum Gasteiger partial charge on any atom is 0.503 e. The second kappa shape index (κ2) is 9.30. The Balaban J connectivity index is -0.0000000383. The van der Waals surface area contributed by atoms with E-state index in [9.17, 15) is 0 Å². The molecule has 0 amide bonds. The molecule has 10 heteroatoms. The molecule has 0 aliphatic carbocycles. The molecule has 0 rings (SSSR count). The van der Waals surface area contributed by atoms with Gasteiger partial charge in [-0.25, -0.2) is 9.36 Å². The van der Waals surface area contributed by atoms with Gasteiger partial charge in [0.15, 0.2) is 0 Å². The Morgan fingerprint density at radius 3 is 1.09 bits per heavy atom. The normalized spacial score (nSPS) is 7.55. The molecule has 0 atom stereocenters. The van der Waals surface area contributed by atoms with Crippen LogP contribution in [0.15, 0.2) is 0 Å². The first kappa shape index (κ1) is 22.4. The predicted molar refractivity (Wildman–Crippen MR) is 33.6 cm³/mol. The van der Waals surface area contributed by atoms with Crippen LogP contribution in [-0.2, 0) is 4.57 Å². The lowest BCUT2D eigenvalue weighted by Crippen LogP contribution is -1.81. The summed E-state index contributed by atoms with van der Waals surface area (Å²) in [4.78, 5) is 30.1. The van der Waals surface area contributed by atoms with Crippen LogP contribution < -0.4 is 6.15 Å². The second-order valence-corrected chi connectivity index (χ2v) is 1.82. The van der Waals surface area contributed by atoms with Gasteiger partial charge >= 0.3 is 14.0 Å². The topological polar surface area (TPSA) is 202 Å². The molecule has 0 saturated heterocycles. The highest BCUT2D eigenvalue weighted by Gasteiger charge is 2.00. The first-order chi connectivity index (χ1) is 3.73. The average molecular weight is 195 g/mol. The summed E-state index contributed by atoms with van der Waals surface area (Å²) in [6, 6.07) is 0. The molecule has 72 valence electrons. The van der Waals surface area contributed by atoms with E-state index in [4.69, 9.17) is 34.3 Å². The SMILES string of the molecule is N.O.O=C(O)O.O=P(O)(O)O.